The Bertz CT molecular complexity index is 2160. The Kier molecular flexibility index (Phi) is 12.7. The van der Waals surface area contributed by atoms with E-state index >= 15 is 0 Å². The normalized spacial score (nSPS) is 11.1. The lowest BCUT2D eigenvalue weighted by molar-refractivity contribution is 0.0283. The number of halogens is 4. The van der Waals surface area contributed by atoms with Gasteiger partial charge in [0.05, 0.1) is 23.6 Å². The number of hydrogen-bond donors (Lipinski definition) is 0. The first-order valence-corrected chi connectivity index (χ1v) is 17.8. The Morgan fingerprint density at radius 2 is 1.35 bits per heavy atom. The van der Waals surface area contributed by atoms with E-state index in [4.69, 9.17) is 27.9 Å². The maximum absolute atomic E-state index is 14.0. The van der Waals surface area contributed by atoms with Crippen LogP contribution in [-0.2, 0) is 11.3 Å². The molecule has 0 bridgehead atoms. The first kappa shape index (κ1) is 38.5. The predicted octanol–water partition coefficient (Wildman–Crippen LogP) is 9.60. The summed E-state index contributed by atoms with van der Waals surface area (Å²) in [6.45, 7) is 5.64. The zero-order chi connectivity index (χ0) is 37.4. The standard InChI is InChI=1S/C21H22ClFN4O2S.C15H9ClFN3OS/c1-21(2,3)29-20(28)26(4)13-14-11-18(30-15-7-6-10-24-12-15)27(25-14)17-9-5-8-16(23)19(17)22;16-15-12(17)4-1-5-13(15)20-14(7-10(9-21)19-20)22-11-3-2-6-18-8-11/h5-12H,13H2,1-4H3;1-9H. The van der Waals surface area contributed by atoms with Gasteiger partial charge in [0.25, 0.3) is 0 Å². The molecule has 4 heterocycles. The minimum absolute atomic E-state index is 0.0271. The van der Waals surface area contributed by atoms with Crippen LogP contribution in [0.15, 0.2) is 117 Å². The molecule has 4 aromatic heterocycles. The van der Waals surface area contributed by atoms with E-state index < -0.39 is 23.3 Å². The van der Waals surface area contributed by atoms with Gasteiger partial charge in [0.2, 0.25) is 0 Å². The number of amides is 1. The Morgan fingerprint density at radius 1 is 0.827 bits per heavy atom. The van der Waals surface area contributed by atoms with Crippen LogP contribution in [0.5, 0.6) is 0 Å². The number of carbonyl (C=O) groups is 2. The van der Waals surface area contributed by atoms with Gasteiger partial charge in [-0.2, -0.15) is 10.2 Å². The Balaban J connectivity index is 0.000000210. The molecule has 0 N–H and O–H groups in total. The second-order valence-corrected chi connectivity index (χ2v) is 14.8. The highest BCUT2D eigenvalue weighted by molar-refractivity contribution is 7.99. The van der Waals surface area contributed by atoms with Crippen LogP contribution < -0.4 is 0 Å². The number of ether oxygens (including phenoxy) is 1. The van der Waals surface area contributed by atoms with Gasteiger partial charge >= 0.3 is 6.09 Å². The van der Waals surface area contributed by atoms with E-state index in [-0.39, 0.29) is 22.3 Å². The van der Waals surface area contributed by atoms with Crippen LogP contribution >= 0.6 is 46.7 Å². The zero-order valence-corrected chi connectivity index (χ0v) is 31.4. The number of rotatable bonds is 9. The van der Waals surface area contributed by atoms with Crippen LogP contribution in [0, 0.1) is 11.6 Å². The van der Waals surface area contributed by atoms with Gasteiger partial charge in [0, 0.05) is 47.7 Å². The van der Waals surface area contributed by atoms with E-state index in [1.165, 1.54) is 51.3 Å². The molecule has 6 rings (SSSR count). The van der Waals surface area contributed by atoms with Crippen molar-refractivity contribution >= 4 is 59.1 Å². The lowest BCUT2D eigenvalue weighted by Crippen LogP contribution is -2.33. The summed E-state index contributed by atoms with van der Waals surface area (Å²) in [5, 5.41) is 10.0. The summed E-state index contributed by atoms with van der Waals surface area (Å²) in [6, 6.07) is 19.9. The summed E-state index contributed by atoms with van der Waals surface area (Å²) in [4.78, 5) is 34.7. The molecule has 0 saturated heterocycles. The molecule has 0 aliphatic heterocycles. The summed E-state index contributed by atoms with van der Waals surface area (Å²) in [6.07, 6.45) is 6.95. The van der Waals surface area contributed by atoms with E-state index in [2.05, 4.69) is 20.2 Å². The van der Waals surface area contributed by atoms with Crippen LogP contribution in [-0.4, -0.2) is 59.5 Å². The maximum atomic E-state index is 14.0. The van der Waals surface area contributed by atoms with Crippen LogP contribution in [0.4, 0.5) is 13.6 Å². The minimum atomic E-state index is -0.596. The highest BCUT2D eigenvalue weighted by Crippen LogP contribution is 2.34. The second kappa shape index (κ2) is 17.2. The van der Waals surface area contributed by atoms with Crippen LogP contribution in [0.3, 0.4) is 0 Å². The lowest BCUT2D eigenvalue weighted by Gasteiger charge is -2.24. The van der Waals surface area contributed by atoms with Crippen molar-refractivity contribution in [1.29, 1.82) is 0 Å². The van der Waals surface area contributed by atoms with E-state index in [1.54, 1.807) is 66.8 Å². The van der Waals surface area contributed by atoms with Crippen LogP contribution in [0.2, 0.25) is 10.0 Å². The average Bonchev–Trinajstić information content (AvgIpc) is 3.70. The topological polar surface area (TPSA) is 108 Å². The number of benzene rings is 2. The first-order chi connectivity index (χ1) is 24.8. The number of hydrogen-bond acceptors (Lipinski definition) is 9. The van der Waals surface area contributed by atoms with Gasteiger partial charge in [0.1, 0.15) is 43.0 Å². The van der Waals surface area contributed by atoms with Gasteiger partial charge < -0.3 is 9.64 Å². The molecule has 2 aromatic carbocycles. The molecule has 52 heavy (non-hydrogen) atoms. The molecule has 0 unspecified atom stereocenters. The van der Waals surface area contributed by atoms with Gasteiger partial charge in [-0.05, 0) is 75.4 Å². The fourth-order valence-electron chi connectivity index (χ4n) is 4.43. The Labute approximate surface area is 317 Å². The fraction of sp³-hybridized carbons (Fsp3) is 0.167. The summed E-state index contributed by atoms with van der Waals surface area (Å²) in [5.41, 5.74) is 1.04. The van der Waals surface area contributed by atoms with Crippen molar-refractivity contribution in [3.05, 3.63) is 131 Å². The van der Waals surface area contributed by atoms with Crippen molar-refractivity contribution in [2.45, 2.75) is 52.8 Å². The number of pyridine rings is 2. The number of aldehydes is 1. The van der Waals surface area contributed by atoms with Gasteiger partial charge in [-0.1, -0.05) is 58.9 Å². The molecule has 0 aliphatic carbocycles. The van der Waals surface area contributed by atoms with Crippen molar-refractivity contribution in [1.82, 2.24) is 34.4 Å². The van der Waals surface area contributed by atoms with Crippen molar-refractivity contribution in [3.63, 3.8) is 0 Å². The second-order valence-electron chi connectivity index (χ2n) is 11.9. The largest absolute Gasteiger partial charge is 0.444 e. The third kappa shape index (κ3) is 9.97. The molecule has 0 saturated carbocycles. The molecule has 1 amide bonds. The van der Waals surface area contributed by atoms with Crippen molar-refractivity contribution in [3.8, 4) is 11.4 Å². The highest BCUT2D eigenvalue weighted by atomic mass is 35.5. The minimum Gasteiger partial charge on any atom is -0.444 e. The molecule has 10 nitrogen and oxygen atoms in total. The molecule has 6 aromatic rings. The molecular formula is C36H31Cl2F2N7O3S2. The number of aromatic nitrogens is 6. The summed E-state index contributed by atoms with van der Waals surface area (Å²) < 4.78 is 36.1. The molecule has 268 valence electrons. The molecular weight excluding hydrogens is 751 g/mol. The molecule has 0 radical (unpaired) electrons. The molecule has 0 aliphatic rings. The van der Waals surface area contributed by atoms with E-state index in [1.807, 2.05) is 45.0 Å². The average molecular weight is 783 g/mol. The van der Waals surface area contributed by atoms with Gasteiger partial charge in [-0.3, -0.25) is 14.8 Å². The Hall–Kier alpha value is -4.76. The van der Waals surface area contributed by atoms with Gasteiger partial charge in [0.15, 0.2) is 6.29 Å². The van der Waals surface area contributed by atoms with Crippen molar-refractivity contribution in [2.75, 3.05) is 7.05 Å². The monoisotopic (exact) mass is 781 g/mol. The molecule has 0 atom stereocenters. The third-order valence-corrected chi connectivity index (χ3v) is 9.38. The maximum Gasteiger partial charge on any atom is 0.410 e. The highest BCUT2D eigenvalue weighted by Gasteiger charge is 2.22. The Morgan fingerprint density at radius 3 is 1.83 bits per heavy atom. The summed E-state index contributed by atoms with van der Waals surface area (Å²) in [7, 11) is 1.64. The smallest absolute Gasteiger partial charge is 0.410 e. The predicted molar refractivity (Wildman–Crippen MR) is 197 cm³/mol. The summed E-state index contributed by atoms with van der Waals surface area (Å²) in [5.74, 6) is -1.07. The van der Waals surface area contributed by atoms with E-state index in [0.717, 1.165) is 9.79 Å². The van der Waals surface area contributed by atoms with Crippen LogP contribution in [0.1, 0.15) is 37.0 Å². The van der Waals surface area contributed by atoms with Gasteiger partial charge in [-0.15, -0.1) is 0 Å². The number of nitrogens with zero attached hydrogens (tertiary/aromatic N) is 7. The van der Waals surface area contributed by atoms with E-state index in [0.29, 0.717) is 33.4 Å². The van der Waals surface area contributed by atoms with Crippen molar-refractivity contribution in [2.24, 2.45) is 0 Å². The van der Waals surface area contributed by atoms with Crippen LogP contribution in [0.25, 0.3) is 11.4 Å². The SMILES string of the molecule is CN(Cc1cc(Sc2cccnc2)n(-c2cccc(F)c2Cl)n1)C(=O)OC(C)(C)C.O=Cc1cc(Sc2cccnc2)n(-c2cccc(F)c2Cl)n1. The van der Waals surface area contributed by atoms with Gasteiger partial charge in [-0.25, -0.2) is 22.9 Å². The van der Waals surface area contributed by atoms with E-state index in [9.17, 15) is 18.4 Å². The molecule has 16 heteroatoms. The summed E-state index contributed by atoms with van der Waals surface area (Å²) >= 11 is 15.0. The third-order valence-electron chi connectivity index (χ3n) is 6.68. The lowest BCUT2D eigenvalue weighted by atomic mass is 10.2. The quantitative estimate of drug-likeness (QED) is 0.133. The van der Waals surface area contributed by atoms with Crippen molar-refractivity contribution < 1.29 is 23.1 Å². The zero-order valence-electron chi connectivity index (χ0n) is 28.2. The molecule has 0 fully saturated rings. The first-order valence-electron chi connectivity index (χ1n) is 15.5. The number of carbonyl (C=O) groups excluding carboxylic acids is 2. The fourth-order valence-corrected chi connectivity index (χ4v) is 6.67. The molecule has 0 spiro atoms.